The Bertz CT molecular complexity index is 802. The summed E-state index contributed by atoms with van der Waals surface area (Å²) in [6, 6.07) is 7.66. The Balaban J connectivity index is 1.68. The molecular weight excluding hydrogens is 378 g/mol. The highest BCUT2D eigenvalue weighted by molar-refractivity contribution is 6.09. The number of rotatable bonds is 5. The summed E-state index contributed by atoms with van der Waals surface area (Å²) < 4.78 is 0. The number of imide groups is 1. The Labute approximate surface area is 179 Å². The molecule has 1 aliphatic heterocycles. The number of hydrogen-bond donors (Lipinski definition) is 2. The van der Waals surface area contributed by atoms with Gasteiger partial charge >= 0.3 is 6.03 Å². The van der Waals surface area contributed by atoms with Crippen molar-refractivity contribution in [1.82, 2.24) is 15.5 Å². The van der Waals surface area contributed by atoms with Gasteiger partial charge in [-0.3, -0.25) is 14.5 Å². The molecule has 1 unspecified atom stereocenters. The van der Waals surface area contributed by atoms with Crippen LogP contribution >= 0.6 is 0 Å². The molecule has 3 rings (SSSR count). The smallest absolute Gasteiger partial charge is 0.325 e. The van der Waals surface area contributed by atoms with E-state index in [-0.39, 0.29) is 35.7 Å². The van der Waals surface area contributed by atoms with Crippen LogP contribution in [0.25, 0.3) is 0 Å². The summed E-state index contributed by atoms with van der Waals surface area (Å²) in [6.45, 7) is 10.4. The number of nitrogens with one attached hydrogen (secondary N) is 2. The lowest BCUT2D eigenvalue weighted by atomic mass is 9.82. The van der Waals surface area contributed by atoms with Crippen molar-refractivity contribution in [2.75, 3.05) is 6.54 Å². The van der Waals surface area contributed by atoms with Crippen molar-refractivity contribution < 1.29 is 14.4 Å². The Morgan fingerprint density at radius 2 is 1.70 bits per heavy atom. The monoisotopic (exact) mass is 413 g/mol. The van der Waals surface area contributed by atoms with Gasteiger partial charge < -0.3 is 10.6 Å². The van der Waals surface area contributed by atoms with E-state index in [0.717, 1.165) is 29.7 Å². The maximum Gasteiger partial charge on any atom is 0.325 e. The summed E-state index contributed by atoms with van der Waals surface area (Å²) in [6.07, 6.45) is 4.24. The molecule has 6 nitrogen and oxygen atoms in total. The normalized spacial score (nSPS) is 19.9. The van der Waals surface area contributed by atoms with Crippen molar-refractivity contribution in [1.29, 1.82) is 0 Å². The number of nitrogens with zero attached hydrogens (tertiary/aromatic N) is 1. The highest BCUT2D eigenvalue weighted by Crippen LogP contribution is 2.33. The molecule has 1 spiro atoms. The number of hydrogen-bond acceptors (Lipinski definition) is 3. The van der Waals surface area contributed by atoms with Crippen molar-refractivity contribution >= 4 is 17.8 Å². The van der Waals surface area contributed by atoms with Gasteiger partial charge in [0, 0.05) is 0 Å². The summed E-state index contributed by atoms with van der Waals surface area (Å²) in [4.78, 5) is 39.2. The Morgan fingerprint density at radius 3 is 2.23 bits per heavy atom. The van der Waals surface area contributed by atoms with Crippen LogP contribution in [0.1, 0.15) is 83.9 Å². The lowest BCUT2D eigenvalue weighted by molar-refractivity contribution is -0.136. The van der Waals surface area contributed by atoms with Crippen molar-refractivity contribution in [3.8, 4) is 0 Å². The van der Waals surface area contributed by atoms with Crippen LogP contribution in [-0.4, -0.2) is 34.8 Å². The van der Waals surface area contributed by atoms with E-state index in [1.54, 1.807) is 0 Å². The van der Waals surface area contributed by atoms with Crippen molar-refractivity contribution in [3.63, 3.8) is 0 Å². The van der Waals surface area contributed by atoms with Crippen LogP contribution in [0.15, 0.2) is 24.3 Å². The summed E-state index contributed by atoms with van der Waals surface area (Å²) in [5, 5.41) is 5.90. The van der Waals surface area contributed by atoms with E-state index in [4.69, 9.17) is 0 Å². The quantitative estimate of drug-likeness (QED) is 0.715. The summed E-state index contributed by atoms with van der Waals surface area (Å²) >= 11 is 0. The third-order valence-corrected chi connectivity index (χ3v) is 6.37. The number of urea groups is 1. The van der Waals surface area contributed by atoms with Gasteiger partial charge in [0.05, 0.1) is 6.04 Å². The van der Waals surface area contributed by atoms with Crippen LogP contribution in [0.4, 0.5) is 4.79 Å². The molecule has 1 aromatic carbocycles. The molecule has 0 bridgehead atoms. The maximum atomic E-state index is 12.9. The molecule has 164 valence electrons. The molecule has 1 aliphatic carbocycles. The van der Waals surface area contributed by atoms with E-state index in [1.807, 2.05) is 13.8 Å². The first-order valence-corrected chi connectivity index (χ1v) is 11.1. The minimum Gasteiger partial charge on any atom is -0.347 e. The fourth-order valence-corrected chi connectivity index (χ4v) is 4.50. The van der Waals surface area contributed by atoms with Gasteiger partial charge in [0.15, 0.2) is 0 Å². The second kappa shape index (κ2) is 8.40. The van der Waals surface area contributed by atoms with Gasteiger partial charge in [-0.05, 0) is 35.3 Å². The Hall–Kier alpha value is -2.37. The predicted molar refractivity (Wildman–Crippen MR) is 117 cm³/mol. The number of benzene rings is 1. The largest absolute Gasteiger partial charge is 0.347 e. The van der Waals surface area contributed by atoms with Crippen molar-refractivity contribution in [2.45, 2.75) is 83.7 Å². The van der Waals surface area contributed by atoms with Crippen LogP contribution < -0.4 is 10.6 Å². The third kappa shape index (κ3) is 4.52. The third-order valence-electron chi connectivity index (χ3n) is 6.37. The average Bonchev–Trinajstić information content (AvgIpc) is 2.90. The highest BCUT2D eigenvalue weighted by Gasteiger charge is 2.51. The zero-order valence-electron chi connectivity index (χ0n) is 18.9. The second-order valence-corrected chi connectivity index (χ2v) is 10.1. The maximum absolute atomic E-state index is 12.9. The van der Waals surface area contributed by atoms with Gasteiger partial charge in [-0.15, -0.1) is 0 Å². The van der Waals surface area contributed by atoms with Gasteiger partial charge in [-0.25, -0.2) is 4.79 Å². The van der Waals surface area contributed by atoms with Gasteiger partial charge in [0.1, 0.15) is 12.1 Å². The topological polar surface area (TPSA) is 78.5 Å². The molecular formula is C24H35N3O3. The Morgan fingerprint density at radius 1 is 1.10 bits per heavy atom. The number of carbonyl (C=O) groups excluding carboxylic acids is 3. The fourth-order valence-electron chi connectivity index (χ4n) is 4.50. The average molecular weight is 414 g/mol. The fraction of sp³-hybridized carbons (Fsp3) is 0.625. The standard InChI is InChI=1S/C24H35N3O3/c1-16(2)20(17-9-11-18(12-10-17)23(3,4)5)25-19(28)15-27-21(29)24(26-22(27)30)13-7-6-8-14-24/h9-12,16,20H,6-8,13-15H2,1-5H3,(H,25,28)(H,26,30). The minimum atomic E-state index is -0.796. The summed E-state index contributed by atoms with van der Waals surface area (Å²) in [5.74, 6) is -0.398. The molecule has 1 saturated heterocycles. The van der Waals surface area contributed by atoms with Crippen molar-refractivity contribution in [2.24, 2.45) is 5.92 Å². The Kier molecular flexibility index (Phi) is 6.25. The molecule has 6 heteroatoms. The van der Waals surface area contributed by atoms with Crippen LogP contribution in [0, 0.1) is 5.92 Å². The summed E-state index contributed by atoms with van der Waals surface area (Å²) in [7, 11) is 0. The van der Waals surface area contributed by atoms with E-state index in [1.165, 1.54) is 5.56 Å². The van der Waals surface area contributed by atoms with Crippen molar-refractivity contribution in [3.05, 3.63) is 35.4 Å². The zero-order chi connectivity index (χ0) is 22.1. The molecule has 2 N–H and O–H groups in total. The molecule has 4 amide bonds. The number of amides is 4. The molecule has 1 atom stereocenters. The van der Waals surface area contributed by atoms with Crippen LogP contribution in [-0.2, 0) is 15.0 Å². The number of carbonyl (C=O) groups is 3. The zero-order valence-corrected chi connectivity index (χ0v) is 18.9. The van der Waals surface area contributed by atoms with Crippen LogP contribution in [0.3, 0.4) is 0 Å². The lowest BCUT2D eigenvalue weighted by Gasteiger charge is -2.30. The minimum absolute atomic E-state index is 0.0632. The first kappa shape index (κ1) is 22.3. The molecule has 1 saturated carbocycles. The summed E-state index contributed by atoms with van der Waals surface area (Å²) in [5.41, 5.74) is 1.52. The van der Waals surface area contributed by atoms with Gasteiger partial charge in [0.2, 0.25) is 5.91 Å². The SMILES string of the molecule is CC(C)C(NC(=O)CN1C(=O)NC2(CCCCC2)C1=O)c1ccc(C(C)(C)C)cc1. The first-order valence-electron chi connectivity index (χ1n) is 11.1. The van der Waals surface area contributed by atoms with Gasteiger partial charge in [-0.2, -0.15) is 0 Å². The molecule has 0 aromatic heterocycles. The van der Waals surface area contributed by atoms with Crippen LogP contribution in [0.2, 0.25) is 0 Å². The predicted octanol–water partition coefficient (Wildman–Crippen LogP) is 4.05. The first-order chi connectivity index (χ1) is 14.0. The van der Waals surface area contributed by atoms with Crippen LogP contribution in [0.5, 0.6) is 0 Å². The van der Waals surface area contributed by atoms with E-state index in [2.05, 4.69) is 55.7 Å². The van der Waals surface area contributed by atoms with Gasteiger partial charge in [-0.1, -0.05) is 78.1 Å². The molecule has 1 aromatic rings. The lowest BCUT2D eigenvalue weighted by Crippen LogP contribution is -2.49. The van der Waals surface area contributed by atoms with E-state index < -0.39 is 11.6 Å². The highest BCUT2D eigenvalue weighted by atomic mass is 16.2. The molecule has 2 fully saturated rings. The second-order valence-electron chi connectivity index (χ2n) is 10.1. The van der Waals surface area contributed by atoms with E-state index in [9.17, 15) is 14.4 Å². The van der Waals surface area contributed by atoms with E-state index in [0.29, 0.717) is 12.8 Å². The van der Waals surface area contributed by atoms with Gasteiger partial charge in [0.25, 0.3) is 5.91 Å². The molecule has 1 heterocycles. The van der Waals surface area contributed by atoms with E-state index >= 15 is 0 Å². The molecule has 0 radical (unpaired) electrons. The molecule has 30 heavy (non-hydrogen) atoms. The molecule has 2 aliphatic rings.